The number of nitrogens with zero attached hydrogens (tertiary/aromatic N) is 3. The monoisotopic (exact) mass is 369 g/mol. The molecule has 1 aliphatic heterocycles. The van der Waals surface area contributed by atoms with Crippen molar-refractivity contribution >= 4 is 5.96 Å². The number of aromatic amines is 1. The van der Waals surface area contributed by atoms with Crippen LogP contribution in [-0.2, 0) is 11.3 Å². The van der Waals surface area contributed by atoms with E-state index < -0.39 is 0 Å². The highest BCUT2D eigenvalue weighted by molar-refractivity contribution is 5.79. The summed E-state index contributed by atoms with van der Waals surface area (Å²) in [6.45, 7) is 8.88. The normalized spacial score (nSPS) is 16.6. The summed E-state index contributed by atoms with van der Waals surface area (Å²) in [5.74, 6) is 1.82. The van der Waals surface area contributed by atoms with Gasteiger partial charge in [-0.05, 0) is 39.2 Å². The molecule has 3 rings (SSSR count). The van der Waals surface area contributed by atoms with Crippen LogP contribution in [0.5, 0.6) is 0 Å². The summed E-state index contributed by atoms with van der Waals surface area (Å²) >= 11 is 0. The smallest absolute Gasteiger partial charge is 0.194 e. The van der Waals surface area contributed by atoms with Gasteiger partial charge in [0, 0.05) is 20.1 Å². The van der Waals surface area contributed by atoms with Gasteiger partial charge in [0.1, 0.15) is 5.82 Å². The van der Waals surface area contributed by atoms with Crippen molar-refractivity contribution in [2.75, 3.05) is 20.1 Å². The molecule has 2 aromatic rings. The van der Waals surface area contributed by atoms with Crippen molar-refractivity contribution in [1.82, 2.24) is 20.2 Å². The molecule has 0 bridgehead atoms. The number of guanidine groups is 1. The molecule has 1 fully saturated rings. The van der Waals surface area contributed by atoms with Crippen molar-refractivity contribution in [3.8, 4) is 11.3 Å². The summed E-state index contributed by atoms with van der Waals surface area (Å²) in [4.78, 5) is 14.6. The van der Waals surface area contributed by atoms with Gasteiger partial charge in [-0.15, -0.1) is 0 Å². The van der Waals surface area contributed by atoms with E-state index in [1.54, 1.807) is 0 Å². The van der Waals surface area contributed by atoms with Crippen LogP contribution >= 0.6 is 0 Å². The minimum absolute atomic E-state index is 0.0808. The Kier molecular flexibility index (Phi) is 6.16. The van der Waals surface area contributed by atoms with E-state index in [9.17, 15) is 0 Å². The Labute approximate surface area is 162 Å². The first-order valence-corrected chi connectivity index (χ1v) is 9.67. The van der Waals surface area contributed by atoms with Crippen molar-refractivity contribution < 1.29 is 4.74 Å². The summed E-state index contributed by atoms with van der Waals surface area (Å²) in [6.07, 6.45) is 4.26. The molecule has 0 atom stereocenters. The summed E-state index contributed by atoms with van der Waals surface area (Å²) < 4.78 is 6.11. The van der Waals surface area contributed by atoms with Gasteiger partial charge in [-0.3, -0.25) is 4.99 Å². The number of aliphatic imine (C=N–C) groups is 1. The van der Waals surface area contributed by atoms with Crippen LogP contribution in [0.2, 0.25) is 0 Å². The van der Waals surface area contributed by atoms with E-state index in [1.807, 2.05) is 31.4 Å². The van der Waals surface area contributed by atoms with Crippen molar-refractivity contribution in [3.63, 3.8) is 0 Å². The fourth-order valence-electron chi connectivity index (χ4n) is 3.40. The van der Waals surface area contributed by atoms with Gasteiger partial charge in [-0.1, -0.05) is 30.3 Å². The molecule has 1 aromatic carbocycles. The number of likely N-dealkylation sites (tertiary alicyclic amines) is 1. The summed E-state index contributed by atoms with van der Waals surface area (Å²) in [6, 6.07) is 10.2. The number of piperidine rings is 1. The van der Waals surface area contributed by atoms with Crippen molar-refractivity contribution in [2.24, 2.45) is 4.99 Å². The van der Waals surface area contributed by atoms with Gasteiger partial charge in [-0.25, -0.2) is 4.98 Å². The molecule has 146 valence electrons. The molecule has 0 radical (unpaired) electrons. The number of rotatable bonds is 4. The number of ether oxygens (including phenoxy) is 1. The molecule has 1 aliphatic rings. The van der Waals surface area contributed by atoms with Gasteiger partial charge in [0.15, 0.2) is 5.96 Å². The van der Waals surface area contributed by atoms with E-state index in [0.717, 1.165) is 49.0 Å². The maximum atomic E-state index is 6.11. The third-order valence-corrected chi connectivity index (χ3v) is 4.60. The van der Waals surface area contributed by atoms with Crippen LogP contribution in [0.4, 0.5) is 0 Å². The zero-order chi connectivity index (χ0) is 19.3. The number of aromatic nitrogens is 2. The molecule has 0 spiro atoms. The Morgan fingerprint density at radius 2 is 1.96 bits per heavy atom. The Balaban J connectivity index is 1.51. The maximum absolute atomic E-state index is 6.11. The minimum atomic E-state index is -0.0808. The molecule has 2 heterocycles. The average molecular weight is 370 g/mol. The van der Waals surface area contributed by atoms with E-state index in [2.05, 4.69) is 58.1 Å². The number of hydrogen-bond donors (Lipinski definition) is 2. The highest BCUT2D eigenvalue weighted by Crippen LogP contribution is 2.20. The van der Waals surface area contributed by atoms with Crippen molar-refractivity contribution in [2.45, 2.75) is 51.9 Å². The predicted molar refractivity (Wildman–Crippen MR) is 110 cm³/mol. The van der Waals surface area contributed by atoms with Crippen LogP contribution in [0.3, 0.4) is 0 Å². The lowest BCUT2D eigenvalue weighted by Crippen LogP contribution is -2.47. The lowest BCUT2D eigenvalue weighted by atomic mass is 10.1. The topological polar surface area (TPSA) is 65.5 Å². The lowest BCUT2D eigenvalue weighted by Gasteiger charge is -2.36. The number of H-pyrrole nitrogens is 1. The first-order chi connectivity index (χ1) is 12.9. The Morgan fingerprint density at radius 1 is 1.26 bits per heavy atom. The largest absolute Gasteiger partial charge is 0.372 e. The van der Waals surface area contributed by atoms with E-state index >= 15 is 0 Å². The first-order valence-electron chi connectivity index (χ1n) is 9.67. The SMILES string of the molecule is CN=C(NCc1ncc(-c2ccccc2)[nH]1)N1CCC(OC(C)(C)C)CC1. The van der Waals surface area contributed by atoms with Gasteiger partial charge in [0.05, 0.1) is 30.1 Å². The second-order valence-electron chi connectivity index (χ2n) is 7.93. The molecule has 2 N–H and O–H groups in total. The highest BCUT2D eigenvalue weighted by atomic mass is 16.5. The van der Waals surface area contributed by atoms with E-state index in [0.29, 0.717) is 12.6 Å². The maximum Gasteiger partial charge on any atom is 0.194 e. The molecule has 0 unspecified atom stereocenters. The second-order valence-corrected chi connectivity index (χ2v) is 7.93. The van der Waals surface area contributed by atoms with E-state index in [1.165, 1.54) is 0 Å². The van der Waals surface area contributed by atoms with Gasteiger partial charge >= 0.3 is 0 Å². The average Bonchev–Trinajstić information content (AvgIpc) is 3.12. The molecule has 0 aliphatic carbocycles. The Hall–Kier alpha value is -2.34. The van der Waals surface area contributed by atoms with Crippen LogP contribution in [-0.4, -0.2) is 52.7 Å². The zero-order valence-electron chi connectivity index (χ0n) is 16.8. The van der Waals surface area contributed by atoms with Gasteiger partial charge in [0.2, 0.25) is 0 Å². The second kappa shape index (κ2) is 8.57. The first kappa shape index (κ1) is 19.4. The fraction of sp³-hybridized carbons (Fsp3) is 0.524. The third kappa shape index (κ3) is 5.57. The molecule has 1 aromatic heterocycles. The van der Waals surface area contributed by atoms with E-state index in [4.69, 9.17) is 4.74 Å². The summed E-state index contributed by atoms with van der Waals surface area (Å²) in [5, 5.41) is 3.42. The number of nitrogens with one attached hydrogen (secondary N) is 2. The number of imidazole rings is 1. The van der Waals surface area contributed by atoms with Crippen LogP contribution < -0.4 is 5.32 Å². The van der Waals surface area contributed by atoms with Crippen molar-refractivity contribution in [1.29, 1.82) is 0 Å². The molecular weight excluding hydrogens is 338 g/mol. The summed E-state index contributed by atoms with van der Waals surface area (Å²) in [7, 11) is 1.83. The lowest BCUT2D eigenvalue weighted by molar-refractivity contribution is -0.0772. The van der Waals surface area contributed by atoms with Crippen LogP contribution in [0, 0.1) is 0 Å². The molecule has 1 saturated heterocycles. The molecule has 27 heavy (non-hydrogen) atoms. The van der Waals surface area contributed by atoms with Crippen LogP contribution in [0.15, 0.2) is 41.5 Å². The van der Waals surface area contributed by atoms with Gasteiger partial charge in [-0.2, -0.15) is 0 Å². The number of benzene rings is 1. The molecular formula is C21H31N5O. The van der Waals surface area contributed by atoms with Crippen LogP contribution in [0.1, 0.15) is 39.4 Å². The molecule has 0 saturated carbocycles. The van der Waals surface area contributed by atoms with Gasteiger partial charge in [0.25, 0.3) is 0 Å². The van der Waals surface area contributed by atoms with Crippen molar-refractivity contribution in [3.05, 3.63) is 42.4 Å². The Morgan fingerprint density at radius 3 is 2.59 bits per heavy atom. The molecule has 6 nitrogen and oxygen atoms in total. The fourth-order valence-corrected chi connectivity index (χ4v) is 3.40. The molecule has 6 heteroatoms. The number of hydrogen-bond acceptors (Lipinski definition) is 3. The minimum Gasteiger partial charge on any atom is -0.372 e. The quantitative estimate of drug-likeness (QED) is 0.640. The predicted octanol–water partition coefficient (Wildman–Crippen LogP) is 3.43. The van der Waals surface area contributed by atoms with Gasteiger partial charge < -0.3 is 19.9 Å². The zero-order valence-corrected chi connectivity index (χ0v) is 16.8. The third-order valence-electron chi connectivity index (χ3n) is 4.60. The molecule has 0 amide bonds. The highest BCUT2D eigenvalue weighted by Gasteiger charge is 2.25. The Bertz CT molecular complexity index is 739. The summed E-state index contributed by atoms with van der Waals surface area (Å²) in [5.41, 5.74) is 2.09. The van der Waals surface area contributed by atoms with E-state index in [-0.39, 0.29) is 5.60 Å². The standard InChI is InChI=1S/C21H31N5O/c1-21(2,3)27-17-10-12-26(13-11-17)20(22-4)24-15-19-23-14-18(25-19)16-8-6-5-7-9-16/h5-9,14,17H,10-13,15H2,1-4H3,(H,22,24)(H,23,25). The van der Waals surface area contributed by atoms with Crippen LogP contribution in [0.25, 0.3) is 11.3 Å².